The van der Waals surface area contributed by atoms with E-state index >= 15 is 0 Å². The van der Waals surface area contributed by atoms with Gasteiger partial charge in [-0.25, -0.2) is 0 Å². The van der Waals surface area contributed by atoms with Gasteiger partial charge >= 0.3 is 0 Å². The number of piperazine rings is 1. The maximum Gasteiger partial charge on any atom is 0.240 e. The van der Waals surface area contributed by atoms with Crippen molar-refractivity contribution in [3.05, 3.63) is 11.7 Å². The highest BCUT2D eigenvalue weighted by Crippen LogP contribution is 2.38. The Bertz CT molecular complexity index is 433. The van der Waals surface area contributed by atoms with Crippen molar-refractivity contribution in [3.8, 4) is 0 Å². The minimum atomic E-state index is 0.156. The van der Waals surface area contributed by atoms with Crippen LogP contribution in [-0.2, 0) is 11.3 Å². The van der Waals surface area contributed by atoms with E-state index in [-0.39, 0.29) is 5.91 Å². The number of amides is 1. The Labute approximate surface area is 106 Å². The first kappa shape index (κ1) is 11.6. The molecule has 0 N–H and O–H groups in total. The van der Waals surface area contributed by atoms with Crippen molar-refractivity contribution in [2.24, 2.45) is 0 Å². The molecule has 0 unspecified atom stereocenters. The Morgan fingerprint density at radius 2 is 2.06 bits per heavy atom. The number of rotatable bonds is 3. The van der Waals surface area contributed by atoms with Crippen molar-refractivity contribution in [2.75, 3.05) is 26.2 Å². The van der Waals surface area contributed by atoms with Crippen LogP contribution in [0.15, 0.2) is 4.52 Å². The molecule has 1 amide bonds. The van der Waals surface area contributed by atoms with Gasteiger partial charge in [0.1, 0.15) is 0 Å². The highest BCUT2D eigenvalue weighted by molar-refractivity contribution is 5.73. The van der Waals surface area contributed by atoms with Crippen LogP contribution in [0.1, 0.15) is 37.4 Å². The number of hydrogen-bond acceptors (Lipinski definition) is 5. The van der Waals surface area contributed by atoms with Gasteiger partial charge in [-0.15, -0.1) is 0 Å². The summed E-state index contributed by atoms with van der Waals surface area (Å²) in [5.74, 6) is 2.26. The molecule has 1 aromatic heterocycles. The van der Waals surface area contributed by atoms with E-state index in [1.165, 1.54) is 12.8 Å². The third kappa shape index (κ3) is 2.53. The molecule has 6 heteroatoms. The van der Waals surface area contributed by atoms with Gasteiger partial charge in [0.05, 0.1) is 6.54 Å². The summed E-state index contributed by atoms with van der Waals surface area (Å²) in [7, 11) is 0. The molecular weight excluding hydrogens is 232 g/mol. The molecule has 1 aliphatic heterocycles. The molecule has 18 heavy (non-hydrogen) atoms. The summed E-state index contributed by atoms with van der Waals surface area (Å²) in [5.41, 5.74) is 0. The number of carbonyl (C=O) groups is 1. The quantitative estimate of drug-likeness (QED) is 0.786. The molecule has 0 atom stereocenters. The molecule has 6 nitrogen and oxygen atoms in total. The monoisotopic (exact) mass is 250 g/mol. The molecule has 0 radical (unpaired) electrons. The van der Waals surface area contributed by atoms with Gasteiger partial charge in [0.25, 0.3) is 0 Å². The standard InChI is InChI=1S/C12H18N4O2/c1-9(17)16-6-4-15(5-7-16)8-11-13-12(14-18-11)10-2-3-10/h10H,2-8H2,1H3. The van der Waals surface area contributed by atoms with Crippen molar-refractivity contribution >= 4 is 5.91 Å². The zero-order chi connectivity index (χ0) is 12.5. The third-order valence-corrected chi connectivity index (χ3v) is 3.60. The van der Waals surface area contributed by atoms with Gasteiger partial charge in [0, 0.05) is 39.0 Å². The SMILES string of the molecule is CC(=O)N1CCN(Cc2nc(C3CC3)no2)CC1. The first-order chi connectivity index (χ1) is 8.72. The normalized spacial score (nSPS) is 21.3. The van der Waals surface area contributed by atoms with Crippen LogP contribution in [-0.4, -0.2) is 52.0 Å². The van der Waals surface area contributed by atoms with Crippen LogP contribution in [0.5, 0.6) is 0 Å². The lowest BCUT2D eigenvalue weighted by atomic mass is 10.3. The zero-order valence-corrected chi connectivity index (χ0v) is 10.6. The summed E-state index contributed by atoms with van der Waals surface area (Å²) in [6.07, 6.45) is 2.38. The molecule has 0 bridgehead atoms. The summed E-state index contributed by atoms with van der Waals surface area (Å²) in [6, 6.07) is 0. The fourth-order valence-corrected chi connectivity index (χ4v) is 2.25. The number of aromatic nitrogens is 2. The fourth-order valence-electron chi connectivity index (χ4n) is 2.25. The van der Waals surface area contributed by atoms with Gasteiger partial charge in [-0.1, -0.05) is 5.16 Å². The third-order valence-electron chi connectivity index (χ3n) is 3.60. The minimum Gasteiger partial charge on any atom is -0.340 e. The maximum atomic E-state index is 11.2. The van der Waals surface area contributed by atoms with Crippen LogP contribution >= 0.6 is 0 Å². The average Bonchev–Trinajstić information content (AvgIpc) is 3.11. The minimum absolute atomic E-state index is 0.156. The highest BCUT2D eigenvalue weighted by atomic mass is 16.5. The molecule has 1 saturated carbocycles. The van der Waals surface area contributed by atoms with E-state index in [0.717, 1.165) is 32.0 Å². The van der Waals surface area contributed by atoms with Gasteiger partial charge in [-0.05, 0) is 12.8 Å². The molecular formula is C12H18N4O2. The van der Waals surface area contributed by atoms with E-state index in [1.807, 2.05) is 4.90 Å². The second-order valence-electron chi connectivity index (χ2n) is 5.10. The lowest BCUT2D eigenvalue weighted by Crippen LogP contribution is -2.47. The van der Waals surface area contributed by atoms with Crippen LogP contribution < -0.4 is 0 Å². The van der Waals surface area contributed by atoms with Gasteiger partial charge in [-0.2, -0.15) is 4.98 Å². The second-order valence-corrected chi connectivity index (χ2v) is 5.10. The Balaban J connectivity index is 1.52. The molecule has 0 aromatic carbocycles. The van der Waals surface area contributed by atoms with Gasteiger partial charge in [0.2, 0.25) is 11.8 Å². The van der Waals surface area contributed by atoms with Crippen molar-refractivity contribution in [2.45, 2.75) is 32.2 Å². The first-order valence-electron chi connectivity index (χ1n) is 6.53. The predicted octanol–water partition coefficient (Wildman–Crippen LogP) is 0.611. The van der Waals surface area contributed by atoms with E-state index in [4.69, 9.17) is 4.52 Å². The van der Waals surface area contributed by atoms with Crippen LogP contribution in [0.2, 0.25) is 0 Å². The van der Waals surface area contributed by atoms with Crippen LogP contribution in [0.4, 0.5) is 0 Å². The fraction of sp³-hybridized carbons (Fsp3) is 0.750. The number of carbonyl (C=O) groups excluding carboxylic acids is 1. The van der Waals surface area contributed by atoms with Crippen LogP contribution in [0, 0.1) is 0 Å². The lowest BCUT2D eigenvalue weighted by Gasteiger charge is -2.33. The first-order valence-corrected chi connectivity index (χ1v) is 6.53. The second kappa shape index (κ2) is 4.68. The van der Waals surface area contributed by atoms with Gasteiger partial charge < -0.3 is 9.42 Å². The molecule has 2 aliphatic rings. The molecule has 1 saturated heterocycles. The summed E-state index contributed by atoms with van der Waals surface area (Å²) in [6.45, 7) is 5.65. The van der Waals surface area contributed by atoms with E-state index < -0.39 is 0 Å². The zero-order valence-electron chi connectivity index (χ0n) is 10.6. The maximum absolute atomic E-state index is 11.2. The van der Waals surface area contributed by atoms with Crippen molar-refractivity contribution < 1.29 is 9.32 Å². The lowest BCUT2D eigenvalue weighted by molar-refractivity contribution is -0.130. The molecule has 0 spiro atoms. The number of hydrogen-bond donors (Lipinski definition) is 0. The number of nitrogens with zero attached hydrogens (tertiary/aromatic N) is 4. The van der Waals surface area contributed by atoms with E-state index in [1.54, 1.807) is 6.92 Å². The average molecular weight is 250 g/mol. The molecule has 1 aliphatic carbocycles. The largest absolute Gasteiger partial charge is 0.340 e. The topological polar surface area (TPSA) is 62.5 Å². The Morgan fingerprint density at radius 1 is 1.33 bits per heavy atom. The van der Waals surface area contributed by atoms with Gasteiger partial charge in [-0.3, -0.25) is 9.69 Å². The van der Waals surface area contributed by atoms with Crippen molar-refractivity contribution in [1.82, 2.24) is 19.9 Å². The molecule has 2 fully saturated rings. The Kier molecular flexibility index (Phi) is 3.03. The van der Waals surface area contributed by atoms with Crippen molar-refractivity contribution in [3.63, 3.8) is 0 Å². The van der Waals surface area contributed by atoms with Gasteiger partial charge in [0.15, 0.2) is 5.82 Å². The van der Waals surface area contributed by atoms with Crippen molar-refractivity contribution in [1.29, 1.82) is 0 Å². The van der Waals surface area contributed by atoms with Crippen LogP contribution in [0.3, 0.4) is 0 Å². The smallest absolute Gasteiger partial charge is 0.240 e. The van der Waals surface area contributed by atoms with E-state index in [2.05, 4.69) is 15.0 Å². The molecule has 98 valence electrons. The highest BCUT2D eigenvalue weighted by Gasteiger charge is 2.29. The summed E-state index contributed by atoms with van der Waals surface area (Å²) in [4.78, 5) is 19.8. The summed E-state index contributed by atoms with van der Waals surface area (Å²) >= 11 is 0. The van der Waals surface area contributed by atoms with E-state index in [9.17, 15) is 4.79 Å². The Morgan fingerprint density at radius 3 is 2.67 bits per heavy atom. The predicted molar refractivity (Wildman–Crippen MR) is 63.8 cm³/mol. The summed E-state index contributed by atoms with van der Waals surface area (Å²) < 4.78 is 5.26. The van der Waals surface area contributed by atoms with E-state index in [0.29, 0.717) is 18.4 Å². The Hall–Kier alpha value is -1.43. The molecule has 2 heterocycles. The molecule has 3 rings (SSSR count). The summed E-state index contributed by atoms with van der Waals surface area (Å²) in [5, 5.41) is 4.01. The van der Waals surface area contributed by atoms with Crippen LogP contribution in [0.25, 0.3) is 0 Å². The molecule has 1 aromatic rings.